The minimum absolute atomic E-state index is 0.00233. The molecule has 1 aliphatic rings. The molecule has 0 saturated carbocycles. The van der Waals surface area contributed by atoms with E-state index in [0.29, 0.717) is 49.3 Å². The van der Waals surface area contributed by atoms with E-state index in [-0.39, 0.29) is 11.5 Å². The molecule has 1 aliphatic heterocycles. The van der Waals surface area contributed by atoms with Crippen LogP contribution < -0.4 is 5.56 Å². The van der Waals surface area contributed by atoms with E-state index in [2.05, 4.69) is 10.3 Å². The van der Waals surface area contributed by atoms with Gasteiger partial charge < -0.3 is 9.64 Å². The number of carbonyl (C=O) groups is 1. The monoisotopic (exact) mass is 350 g/mol. The molecule has 0 atom stereocenters. The summed E-state index contributed by atoms with van der Waals surface area (Å²) in [6.45, 7) is 2.69. The molecule has 4 rings (SSSR count). The Hall–Kier alpha value is -3.06. The predicted octanol–water partition coefficient (Wildman–Crippen LogP) is 1.31. The van der Waals surface area contributed by atoms with Crippen LogP contribution in [0.25, 0.3) is 10.9 Å². The number of rotatable bonds is 3. The Kier molecular flexibility index (Phi) is 4.45. The number of fused-ring (bicyclic) bond motifs is 1. The highest BCUT2D eigenvalue weighted by atomic mass is 16.5. The second-order valence-corrected chi connectivity index (χ2v) is 6.17. The van der Waals surface area contributed by atoms with Crippen LogP contribution in [0.3, 0.4) is 0 Å². The number of morpholine rings is 1. The molecule has 0 N–H and O–H groups in total. The van der Waals surface area contributed by atoms with Gasteiger partial charge in [0, 0.05) is 18.7 Å². The molecule has 1 fully saturated rings. The summed E-state index contributed by atoms with van der Waals surface area (Å²) in [6.07, 6.45) is 0. The van der Waals surface area contributed by atoms with Gasteiger partial charge >= 0.3 is 0 Å². The molecule has 3 aromatic rings. The number of carbonyl (C=O) groups excluding carboxylic acids is 1. The highest BCUT2D eigenvalue weighted by molar-refractivity contribution is 5.94. The van der Waals surface area contributed by atoms with Crippen LogP contribution in [-0.2, 0) is 11.3 Å². The van der Waals surface area contributed by atoms with Gasteiger partial charge in [-0.1, -0.05) is 29.5 Å². The first kappa shape index (κ1) is 16.4. The lowest BCUT2D eigenvalue weighted by Crippen LogP contribution is -2.40. The Balaban J connectivity index is 1.53. The summed E-state index contributed by atoms with van der Waals surface area (Å²) >= 11 is 0. The second kappa shape index (κ2) is 7.05. The third-order valence-corrected chi connectivity index (χ3v) is 4.46. The molecule has 2 aromatic carbocycles. The van der Waals surface area contributed by atoms with Crippen LogP contribution >= 0.6 is 0 Å². The van der Waals surface area contributed by atoms with Crippen molar-refractivity contribution in [3.05, 3.63) is 70.0 Å². The van der Waals surface area contributed by atoms with Crippen LogP contribution in [-0.4, -0.2) is 52.1 Å². The van der Waals surface area contributed by atoms with Crippen LogP contribution in [0, 0.1) is 0 Å². The van der Waals surface area contributed by atoms with Gasteiger partial charge in [-0.2, -0.15) is 0 Å². The average molecular weight is 350 g/mol. The van der Waals surface area contributed by atoms with E-state index in [1.165, 1.54) is 4.68 Å². The summed E-state index contributed by atoms with van der Waals surface area (Å²) in [4.78, 5) is 26.8. The van der Waals surface area contributed by atoms with E-state index in [0.717, 1.165) is 5.56 Å². The topological polar surface area (TPSA) is 77.3 Å². The molecule has 0 bridgehead atoms. The third-order valence-electron chi connectivity index (χ3n) is 4.46. The fourth-order valence-electron chi connectivity index (χ4n) is 3.00. The molecule has 132 valence electrons. The minimum Gasteiger partial charge on any atom is -0.378 e. The highest BCUT2D eigenvalue weighted by Gasteiger charge is 2.18. The van der Waals surface area contributed by atoms with E-state index in [9.17, 15) is 9.59 Å². The minimum atomic E-state index is -0.177. The normalized spacial score (nSPS) is 14.5. The maximum atomic E-state index is 12.5. The number of amides is 1. The van der Waals surface area contributed by atoms with Crippen molar-refractivity contribution in [3.63, 3.8) is 0 Å². The van der Waals surface area contributed by atoms with Gasteiger partial charge in [-0.15, -0.1) is 5.10 Å². The fraction of sp³-hybridized carbons (Fsp3) is 0.263. The average Bonchev–Trinajstić information content (AvgIpc) is 2.71. The smallest absolute Gasteiger partial charge is 0.277 e. The zero-order valence-electron chi connectivity index (χ0n) is 14.2. The Morgan fingerprint density at radius 2 is 1.77 bits per heavy atom. The van der Waals surface area contributed by atoms with Gasteiger partial charge in [0.25, 0.3) is 11.5 Å². The molecule has 1 saturated heterocycles. The molecule has 2 heterocycles. The summed E-state index contributed by atoms with van der Waals surface area (Å²) in [7, 11) is 0. The largest absolute Gasteiger partial charge is 0.378 e. The molecule has 0 unspecified atom stereocenters. The van der Waals surface area contributed by atoms with Crippen LogP contribution in [0.4, 0.5) is 0 Å². The van der Waals surface area contributed by atoms with Crippen molar-refractivity contribution in [1.82, 2.24) is 19.9 Å². The molecule has 26 heavy (non-hydrogen) atoms. The first-order chi connectivity index (χ1) is 12.7. The van der Waals surface area contributed by atoms with Crippen molar-refractivity contribution < 1.29 is 9.53 Å². The number of aromatic nitrogens is 3. The standard InChI is InChI=1S/C19H18N4O3/c24-18(22-9-11-26-12-10-22)15-7-5-14(6-8-15)13-23-19(25)16-3-1-2-4-17(16)20-21-23/h1-8H,9-13H2. The number of hydrogen-bond acceptors (Lipinski definition) is 5. The van der Waals surface area contributed by atoms with Gasteiger partial charge in [-0.25, -0.2) is 4.68 Å². The molecular formula is C19H18N4O3. The van der Waals surface area contributed by atoms with Crippen molar-refractivity contribution >= 4 is 16.8 Å². The van der Waals surface area contributed by atoms with E-state index in [1.807, 2.05) is 24.3 Å². The first-order valence-electron chi connectivity index (χ1n) is 8.51. The number of nitrogens with zero attached hydrogens (tertiary/aromatic N) is 4. The van der Waals surface area contributed by atoms with Crippen molar-refractivity contribution in [1.29, 1.82) is 0 Å². The lowest BCUT2D eigenvalue weighted by atomic mass is 10.1. The van der Waals surface area contributed by atoms with E-state index < -0.39 is 0 Å². The number of hydrogen-bond donors (Lipinski definition) is 0. The summed E-state index contributed by atoms with van der Waals surface area (Å²) in [5.41, 5.74) is 1.92. The van der Waals surface area contributed by atoms with Gasteiger partial charge in [-0.3, -0.25) is 9.59 Å². The maximum absolute atomic E-state index is 12.5. The SMILES string of the molecule is O=C(c1ccc(Cn2nnc3ccccc3c2=O)cc1)N1CCOCC1. The predicted molar refractivity (Wildman–Crippen MR) is 96.1 cm³/mol. The zero-order valence-corrected chi connectivity index (χ0v) is 14.2. The molecule has 7 heteroatoms. The maximum Gasteiger partial charge on any atom is 0.277 e. The summed E-state index contributed by atoms with van der Waals surface area (Å²) in [6, 6.07) is 14.4. The third kappa shape index (κ3) is 3.21. The van der Waals surface area contributed by atoms with Gasteiger partial charge in [0.15, 0.2) is 0 Å². The highest BCUT2D eigenvalue weighted by Crippen LogP contribution is 2.10. The van der Waals surface area contributed by atoms with Crippen molar-refractivity contribution in [3.8, 4) is 0 Å². The molecule has 0 spiro atoms. The van der Waals surface area contributed by atoms with Gasteiger partial charge in [0.1, 0.15) is 5.52 Å². The lowest BCUT2D eigenvalue weighted by molar-refractivity contribution is 0.0303. The molecule has 1 aromatic heterocycles. The number of ether oxygens (including phenoxy) is 1. The Morgan fingerprint density at radius 1 is 1.04 bits per heavy atom. The summed E-state index contributed by atoms with van der Waals surface area (Å²) in [5.74, 6) is 0.00233. The molecule has 7 nitrogen and oxygen atoms in total. The van der Waals surface area contributed by atoms with Gasteiger partial charge in [-0.05, 0) is 29.8 Å². The van der Waals surface area contributed by atoms with E-state index in [1.54, 1.807) is 29.2 Å². The fourth-order valence-corrected chi connectivity index (χ4v) is 3.00. The quantitative estimate of drug-likeness (QED) is 0.712. The van der Waals surface area contributed by atoms with Gasteiger partial charge in [0.2, 0.25) is 0 Å². The van der Waals surface area contributed by atoms with Crippen LogP contribution in [0.5, 0.6) is 0 Å². The first-order valence-corrected chi connectivity index (χ1v) is 8.51. The summed E-state index contributed by atoms with van der Waals surface area (Å²) in [5, 5.41) is 8.63. The van der Waals surface area contributed by atoms with Crippen LogP contribution in [0.15, 0.2) is 53.3 Å². The molecular weight excluding hydrogens is 332 g/mol. The van der Waals surface area contributed by atoms with E-state index >= 15 is 0 Å². The van der Waals surface area contributed by atoms with Crippen LogP contribution in [0.2, 0.25) is 0 Å². The van der Waals surface area contributed by atoms with Crippen LogP contribution in [0.1, 0.15) is 15.9 Å². The Labute approximate surface area is 149 Å². The molecule has 1 amide bonds. The molecule has 0 aliphatic carbocycles. The number of benzene rings is 2. The van der Waals surface area contributed by atoms with Crippen molar-refractivity contribution in [2.45, 2.75) is 6.54 Å². The Bertz CT molecular complexity index is 992. The second-order valence-electron chi connectivity index (χ2n) is 6.17. The molecule has 0 radical (unpaired) electrons. The zero-order chi connectivity index (χ0) is 17.9. The summed E-state index contributed by atoms with van der Waals surface area (Å²) < 4.78 is 6.61. The van der Waals surface area contributed by atoms with Crippen molar-refractivity contribution in [2.75, 3.05) is 26.3 Å². The Morgan fingerprint density at radius 3 is 2.54 bits per heavy atom. The van der Waals surface area contributed by atoms with Gasteiger partial charge in [0.05, 0.1) is 25.1 Å². The lowest BCUT2D eigenvalue weighted by Gasteiger charge is -2.26. The van der Waals surface area contributed by atoms with E-state index in [4.69, 9.17) is 4.74 Å². The van der Waals surface area contributed by atoms with Crippen molar-refractivity contribution in [2.24, 2.45) is 0 Å².